The molecule has 1 aliphatic carbocycles. The van der Waals surface area contributed by atoms with Crippen molar-refractivity contribution in [3.8, 4) is 0 Å². The predicted octanol–water partition coefficient (Wildman–Crippen LogP) is 5.64. The molecule has 0 atom stereocenters. The Morgan fingerprint density at radius 3 is 2.75 bits per heavy atom. The molecule has 1 N–H and O–H groups in total. The normalized spacial score (nSPS) is 13.6. The number of rotatable bonds is 5. The fourth-order valence-corrected chi connectivity index (χ4v) is 4.63. The van der Waals surface area contributed by atoms with Crippen LogP contribution in [0, 0.1) is 5.82 Å². The highest BCUT2D eigenvalue weighted by Gasteiger charge is 2.27. The number of ether oxygens (including phenoxy) is 1. The van der Waals surface area contributed by atoms with Gasteiger partial charge in [-0.2, -0.15) is 0 Å². The maximum Gasteiger partial charge on any atom is 0.341 e. The zero-order valence-electron chi connectivity index (χ0n) is 15.7. The molecule has 0 spiro atoms. The van der Waals surface area contributed by atoms with Crippen LogP contribution in [-0.4, -0.2) is 18.0 Å². The van der Waals surface area contributed by atoms with Crippen LogP contribution in [0.4, 0.5) is 9.39 Å². The minimum atomic E-state index is -0.510. The molecular weight excluding hydrogens is 401 g/mol. The van der Waals surface area contributed by atoms with Crippen LogP contribution < -0.4 is 5.32 Å². The minimum absolute atomic E-state index is 0.143. The van der Waals surface area contributed by atoms with Gasteiger partial charge >= 0.3 is 5.97 Å². The van der Waals surface area contributed by atoms with Gasteiger partial charge in [-0.1, -0.05) is 17.7 Å². The first kappa shape index (κ1) is 20.6. The third kappa shape index (κ3) is 4.62. The smallest absolute Gasteiger partial charge is 0.341 e. The van der Waals surface area contributed by atoms with Crippen molar-refractivity contribution in [2.45, 2.75) is 45.6 Å². The van der Waals surface area contributed by atoms with Gasteiger partial charge in [0.25, 0.3) is 0 Å². The maximum absolute atomic E-state index is 13.8. The van der Waals surface area contributed by atoms with E-state index >= 15 is 0 Å². The average molecular weight is 422 g/mol. The molecule has 1 aromatic heterocycles. The Morgan fingerprint density at radius 1 is 1.29 bits per heavy atom. The van der Waals surface area contributed by atoms with E-state index < -0.39 is 17.7 Å². The summed E-state index contributed by atoms with van der Waals surface area (Å²) in [6.45, 7) is 3.58. The number of aryl methyl sites for hydroxylation is 1. The van der Waals surface area contributed by atoms with Crippen molar-refractivity contribution >= 4 is 45.9 Å². The van der Waals surface area contributed by atoms with E-state index in [0.717, 1.165) is 36.1 Å². The van der Waals surface area contributed by atoms with E-state index in [1.165, 1.54) is 35.6 Å². The van der Waals surface area contributed by atoms with E-state index in [4.69, 9.17) is 16.3 Å². The lowest BCUT2D eigenvalue weighted by atomic mass is 9.95. The molecule has 1 heterocycles. The molecule has 0 saturated heterocycles. The number of fused-ring (bicyclic) bond motifs is 1. The zero-order valence-corrected chi connectivity index (χ0v) is 17.3. The lowest BCUT2D eigenvalue weighted by molar-refractivity contribution is -0.111. The van der Waals surface area contributed by atoms with Gasteiger partial charge in [0.2, 0.25) is 5.91 Å². The topological polar surface area (TPSA) is 55.4 Å². The van der Waals surface area contributed by atoms with Crippen LogP contribution in [0.15, 0.2) is 24.3 Å². The number of esters is 1. The Hall–Kier alpha value is -2.18. The van der Waals surface area contributed by atoms with Crippen LogP contribution in [0.1, 0.15) is 53.1 Å². The molecule has 0 aliphatic heterocycles. The molecule has 0 fully saturated rings. The summed E-state index contributed by atoms with van der Waals surface area (Å²) in [5, 5.41) is 3.46. The number of carbonyl (C=O) groups is 2. The molecular formula is C21H21ClFNO3S. The third-order valence-electron chi connectivity index (χ3n) is 4.36. The van der Waals surface area contributed by atoms with Crippen molar-refractivity contribution in [3.05, 3.63) is 56.7 Å². The van der Waals surface area contributed by atoms with Gasteiger partial charge in [-0.05, 0) is 63.3 Å². The monoisotopic (exact) mass is 421 g/mol. The number of carbonyl (C=O) groups excluding carboxylic acids is 2. The summed E-state index contributed by atoms with van der Waals surface area (Å²) in [5.74, 6) is -1.40. The molecule has 3 rings (SSSR count). The van der Waals surface area contributed by atoms with Crippen LogP contribution in [0.3, 0.4) is 0 Å². The summed E-state index contributed by atoms with van der Waals surface area (Å²) in [6.07, 6.45) is 6.03. The summed E-state index contributed by atoms with van der Waals surface area (Å²) in [5.41, 5.74) is 1.56. The number of anilines is 1. The zero-order chi connectivity index (χ0) is 20.3. The highest BCUT2D eigenvalue weighted by atomic mass is 35.5. The highest BCUT2D eigenvalue weighted by Crippen LogP contribution is 2.38. The van der Waals surface area contributed by atoms with E-state index in [2.05, 4.69) is 5.32 Å². The second-order valence-electron chi connectivity index (χ2n) is 6.83. The number of amides is 1. The van der Waals surface area contributed by atoms with Crippen LogP contribution in [0.2, 0.25) is 5.02 Å². The first-order valence-corrected chi connectivity index (χ1v) is 10.3. The Morgan fingerprint density at radius 2 is 2.04 bits per heavy atom. The van der Waals surface area contributed by atoms with Gasteiger partial charge < -0.3 is 10.1 Å². The Balaban J connectivity index is 1.85. The summed E-state index contributed by atoms with van der Waals surface area (Å²) < 4.78 is 19.2. The molecule has 2 aromatic rings. The van der Waals surface area contributed by atoms with Gasteiger partial charge in [0.15, 0.2) is 0 Å². The first-order chi connectivity index (χ1) is 13.4. The molecule has 148 valence electrons. The maximum atomic E-state index is 13.8. The third-order valence-corrected chi connectivity index (χ3v) is 5.89. The molecule has 1 amide bonds. The van der Waals surface area contributed by atoms with Crippen LogP contribution in [-0.2, 0) is 22.4 Å². The fourth-order valence-electron chi connectivity index (χ4n) is 3.13. The van der Waals surface area contributed by atoms with Gasteiger partial charge in [-0.3, -0.25) is 4.79 Å². The van der Waals surface area contributed by atoms with Crippen molar-refractivity contribution in [1.29, 1.82) is 0 Å². The van der Waals surface area contributed by atoms with Gasteiger partial charge in [-0.15, -0.1) is 11.3 Å². The number of hydrogen-bond donors (Lipinski definition) is 1. The van der Waals surface area contributed by atoms with Crippen LogP contribution in [0.25, 0.3) is 6.08 Å². The Labute approximate surface area is 172 Å². The fraction of sp³-hybridized carbons (Fsp3) is 0.333. The van der Waals surface area contributed by atoms with E-state index in [0.29, 0.717) is 10.6 Å². The van der Waals surface area contributed by atoms with Gasteiger partial charge in [0, 0.05) is 16.5 Å². The first-order valence-electron chi connectivity index (χ1n) is 9.15. The van der Waals surface area contributed by atoms with Crippen molar-refractivity contribution in [3.63, 3.8) is 0 Å². The van der Waals surface area contributed by atoms with Crippen molar-refractivity contribution in [1.82, 2.24) is 0 Å². The van der Waals surface area contributed by atoms with E-state index in [-0.39, 0.29) is 16.7 Å². The summed E-state index contributed by atoms with van der Waals surface area (Å²) in [4.78, 5) is 26.1. The largest absolute Gasteiger partial charge is 0.459 e. The summed E-state index contributed by atoms with van der Waals surface area (Å²) in [6, 6.07) is 4.32. The molecule has 1 aromatic carbocycles. The lowest BCUT2D eigenvalue weighted by Crippen LogP contribution is -2.17. The average Bonchev–Trinajstić information content (AvgIpc) is 2.98. The number of halogens is 2. The molecule has 0 saturated carbocycles. The number of nitrogens with one attached hydrogen (secondary N) is 1. The van der Waals surface area contributed by atoms with E-state index in [9.17, 15) is 14.0 Å². The van der Waals surface area contributed by atoms with Gasteiger partial charge in [0.05, 0.1) is 16.7 Å². The second-order valence-corrected chi connectivity index (χ2v) is 8.34. The number of thiophene rings is 1. The van der Waals surface area contributed by atoms with Gasteiger partial charge in [-0.25, -0.2) is 9.18 Å². The molecule has 0 unspecified atom stereocenters. The second kappa shape index (κ2) is 8.88. The van der Waals surface area contributed by atoms with Crippen LogP contribution in [0.5, 0.6) is 0 Å². The summed E-state index contributed by atoms with van der Waals surface area (Å²) in [7, 11) is 0. The Kier molecular flexibility index (Phi) is 6.52. The van der Waals surface area contributed by atoms with E-state index in [1.807, 2.05) is 0 Å². The summed E-state index contributed by atoms with van der Waals surface area (Å²) >= 11 is 7.38. The van der Waals surface area contributed by atoms with Gasteiger partial charge in [0.1, 0.15) is 10.8 Å². The Bertz CT molecular complexity index is 916. The van der Waals surface area contributed by atoms with E-state index in [1.54, 1.807) is 19.9 Å². The van der Waals surface area contributed by atoms with Crippen molar-refractivity contribution in [2.24, 2.45) is 0 Å². The quantitative estimate of drug-likeness (QED) is 0.502. The molecule has 0 bridgehead atoms. The van der Waals surface area contributed by atoms with Crippen LogP contribution >= 0.6 is 22.9 Å². The minimum Gasteiger partial charge on any atom is -0.459 e. The number of benzene rings is 1. The lowest BCUT2D eigenvalue weighted by Gasteiger charge is -2.14. The molecule has 0 radical (unpaired) electrons. The SMILES string of the molecule is CC(C)OC(=O)c1c(NC(=O)C=Cc2c(F)cccc2Cl)sc2c1CCCC2. The highest BCUT2D eigenvalue weighted by molar-refractivity contribution is 7.17. The van der Waals surface area contributed by atoms with Crippen molar-refractivity contribution in [2.75, 3.05) is 5.32 Å². The molecule has 7 heteroatoms. The molecule has 4 nitrogen and oxygen atoms in total. The molecule has 1 aliphatic rings. The van der Waals surface area contributed by atoms with Crippen molar-refractivity contribution < 1.29 is 18.7 Å². The predicted molar refractivity (Wildman–Crippen MR) is 111 cm³/mol. The molecule has 28 heavy (non-hydrogen) atoms. The number of hydrogen-bond acceptors (Lipinski definition) is 4. The standard InChI is InChI=1S/C21H21ClFNO3S/c1-12(2)27-21(26)19-14-6-3-4-9-17(14)28-20(19)24-18(25)11-10-13-15(22)7-5-8-16(13)23/h5,7-8,10-12H,3-4,6,9H2,1-2H3,(H,24,25).